The fourth-order valence-electron chi connectivity index (χ4n) is 3.50. The van der Waals surface area contributed by atoms with Gasteiger partial charge in [-0.15, -0.1) is 10.2 Å². The third kappa shape index (κ3) is 2.55. The lowest BCUT2D eigenvalue weighted by atomic mass is 10.0. The van der Waals surface area contributed by atoms with Gasteiger partial charge < -0.3 is 15.3 Å². The van der Waals surface area contributed by atoms with Crippen LogP contribution in [0.1, 0.15) is 24.0 Å². The smallest absolute Gasteiger partial charge is 0.407 e. The van der Waals surface area contributed by atoms with Gasteiger partial charge in [0.25, 0.3) is 0 Å². The third-order valence-electron chi connectivity index (χ3n) is 4.63. The van der Waals surface area contributed by atoms with Gasteiger partial charge in [0.1, 0.15) is 11.6 Å². The molecular formula is C14H16ClN5O2. The summed E-state index contributed by atoms with van der Waals surface area (Å²) >= 11 is 5.89. The fourth-order valence-corrected chi connectivity index (χ4v) is 3.64. The molecule has 1 saturated carbocycles. The number of nitrogens with one attached hydrogen (secondary N) is 1. The topological polar surface area (TPSA) is 102 Å². The number of fused-ring (bicyclic) bond motifs is 1. The first kappa shape index (κ1) is 14.9. The van der Waals surface area contributed by atoms with Crippen LogP contribution in [0.3, 0.4) is 0 Å². The number of hydrogen-bond donors (Lipinski definition) is 2. The van der Waals surface area contributed by atoms with E-state index in [1.807, 2.05) is 0 Å². The Kier molecular flexibility index (Phi) is 3.79. The lowest BCUT2D eigenvalue weighted by molar-refractivity contribution is 0.152. The first-order chi connectivity index (χ1) is 10.5. The van der Waals surface area contributed by atoms with Gasteiger partial charge in [0.15, 0.2) is 11.0 Å². The Morgan fingerprint density at radius 2 is 2.05 bits per heavy atom. The molecule has 1 saturated heterocycles. The maximum absolute atomic E-state index is 11.0. The predicted octanol–water partition coefficient (Wildman–Crippen LogP) is 2.11. The number of rotatable bonds is 2. The van der Waals surface area contributed by atoms with E-state index in [0.29, 0.717) is 41.9 Å². The van der Waals surface area contributed by atoms with E-state index >= 15 is 0 Å². The second-order valence-corrected chi connectivity index (χ2v) is 6.33. The largest absolute Gasteiger partial charge is 0.465 e. The Hall–Kier alpha value is -2.07. The van der Waals surface area contributed by atoms with Gasteiger partial charge in [-0.1, -0.05) is 11.6 Å². The van der Waals surface area contributed by atoms with Gasteiger partial charge in [-0.05, 0) is 31.6 Å². The summed E-state index contributed by atoms with van der Waals surface area (Å²) in [7, 11) is 0. The molecule has 1 aliphatic heterocycles. The number of amides is 1. The van der Waals surface area contributed by atoms with Crippen molar-refractivity contribution in [2.45, 2.75) is 25.8 Å². The van der Waals surface area contributed by atoms with Crippen LogP contribution < -0.4 is 5.32 Å². The maximum atomic E-state index is 11.0. The summed E-state index contributed by atoms with van der Waals surface area (Å²) in [6.45, 7) is 2.93. The molecule has 1 aliphatic carbocycles. The molecule has 2 fully saturated rings. The molecule has 3 atom stereocenters. The predicted molar refractivity (Wildman–Crippen MR) is 79.7 cm³/mol. The highest BCUT2D eigenvalue weighted by atomic mass is 35.5. The van der Waals surface area contributed by atoms with E-state index in [1.54, 1.807) is 6.92 Å². The van der Waals surface area contributed by atoms with Crippen LogP contribution in [0.4, 0.5) is 10.6 Å². The second kappa shape index (κ2) is 5.61. The summed E-state index contributed by atoms with van der Waals surface area (Å²) in [5.41, 5.74) is 1.04. The van der Waals surface area contributed by atoms with Crippen LogP contribution in [-0.2, 0) is 0 Å². The van der Waals surface area contributed by atoms with E-state index in [9.17, 15) is 10.1 Å². The number of carbonyl (C=O) groups is 1. The van der Waals surface area contributed by atoms with Crippen molar-refractivity contribution < 1.29 is 9.90 Å². The highest BCUT2D eigenvalue weighted by molar-refractivity contribution is 6.30. The van der Waals surface area contributed by atoms with Crippen LogP contribution in [0.5, 0.6) is 0 Å². The SMILES string of the molecule is Cc1c(Cl)nnc(N[C@H]2C[C@@H]3CN(C(=O)O)C[C@@H]3C2)c1C#N. The average molecular weight is 322 g/mol. The molecule has 0 radical (unpaired) electrons. The molecule has 3 rings (SSSR count). The molecular weight excluding hydrogens is 306 g/mol. The standard InChI is InChI=1S/C14H16ClN5O2/c1-7-11(4-16)13(19-18-12(7)15)17-10-2-8-5-20(14(21)22)6-9(8)3-10/h8-10H,2-3,5-6H2,1H3,(H,17,19)(H,21,22)/t8-,9+,10+. The Bertz CT molecular complexity index is 645. The number of nitrogens with zero attached hydrogens (tertiary/aromatic N) is 4. The van der Waals surface area contributed by atoms with E-state index in [0.717, 1.165) is 12.8 Å². The minimum atomic E-state index is -0.843. The van der Waals surface area contributed by atoms with Gasteiger partial charge in [0.05, 0.1) is 0 Å². The van der Waals surface area contributed by atoms with Gasteiger partial charge in [0.2, 0.25) is 0 Å². The van der Waals surface area contributed by atoms with E-state index in [-0.39, 0.29) is 11.2 Å². The molecule has 2 aliphatic rings. The Labute approximate surface area is 132 Å². The van der Waals surface area contributed by atoms with Crippen molar-refractivity contribution in [3.63, 3.8) is 0 Å². The van der Waals surface area contributed by atoms with Gasteiger partial charge >= 0.3 is 6.09 Å². The summed E-state index contributed by atoms with van der Waals surface area (Å²) in [5, 5.41) is 29.7. The van der Waals surface area contributed by atoms with Crippen LogP contribution in [0.2, 0.25) is 5.15 Å². The number of halogens is 1. The summed E-state index contributed by atoms with van der Waals surface area (Å²) in [6, 6.07) is 2.30. The zero-order chi connectivity index (χ0) is 15.9. The summed E-state index contributed by atoms with van der Waals surface area (Å²) in [6.07, 6.45) is 0.913. The highest BCUT2D eigenvalue weighted by Crippen LogP contribution is 2.39. The minimum Gasteiger partial charge on any atom is -0.465 e. The molecule has 22 heavy (non-hydrogen) atoms. The van der Waals surface area contributed by atoms with Crippen LogP contribution >= 0.6 is 11.6 Å². The fraction of sp³-hybridized carbons (Fsp3) is 0.571. The maximum Gasteiger partial charge on any atom is 0.407 e. The van der Waals surface area contributed by atoms with Crippen molar-refractivity contribution in [2.24, 2.45) is 11.8 Å². The highest BCUT2D eigenvalue weighted by Gasteiger charge is 2.42. The molecule has 7 nitrogen and oxygen atoms in total. The quantitative estimate of drug-likeness (QED) is 0.865. The Morgan fingerprint density at radius 3 is 2.59 bits per heavy atom. The van der Waals surface area contributed by atoms with Crippen LogP contribution in [-0.4, -0.2) is 45.4 Å². The van der Waals surface area contributed by atoms with Crippen molar-refractivity contribution in [3.8, 4) is 6.07 Å². The first-order valence-electron chi connectivity index (χ1n) is 7.17. The molecule has 2 heterocycles. The lowest BCUT2D eigenvalue weighted by Crippen LogP contribution is -2.29. The molecule has 116 valence electrons. The molecule has 0 bridgehead atoms. The first-order valence-corrected chi connectivity index (χ1v) is 7.54. The van der Waals surface area contributed by atoms with Crippen molar-refractivity contribution >= 4 is 23.5 Å². The molecule has 2 N–H and O–H groups in total. The molecule has 1 aromatic heterocycles. The normalized spacial score (nSPS) is 26.6. The molecule has 0 aromatic carbocycles. The van der Waals surface area contributed by atoms with E-state index < -0.39 is 6.09 Å². The van der Waals surface area contributed by atoms with Gasteiger partial charge in [0, 0.05) is 24.7 Å². The molecule has 1 amide bonds. The minimum absolute atomic E-state index is 0.188. The Balaban J connectivity index is 1.69. The van der Waals surface area contributed by atoms with Crippen LogP contribution in [0.25, 0.3) is 0 Å². The van der Waals surface area contributed by atoms with E-state index in [2.05, 4.69) is 21.6 Å². The average Bonchev–Trinajstić information content (AvgIpc) is 3.01. The van der Waals surface area contributed by atoms with Gasteiger partial charge in [-0.2, -0.15) is 5.26 Å². The molecule has 0 spiro atoms. The van der Waals surface area contributed by atoms with Crippen molar-refractivity contribution in [1.29, 1.82) is 5.26 Å². The van der Waals surface area contributed by atoms with Crippen LogP contribution in [0.15, 0.2) is 0 Å². The molecule has 0 unspecified atom stereocenters. The summed E-state index contributed by atoms with van der Waals surface area (Å²) < 4.78 is 0. The zero-order valence-electron chi connectivity index (χ0n) is 12.1. The monoisotopic (exact) mass is 321 g/mol. The number of likely N-dealkylation sites (tertiary alicyclic amines) is 1. The number of carboxylic acid groups (broad SMARTS) is 1. The van der Waals surface area contributed by atoms with E-state index in [4.69, 9.17) is 16.7 Å². The van der Waals surface area contributed by atoms with Crippen molar-refractivity contribution in [1.82, 2.24) is 15.1 Å². The van der Waals surface area contributed by atoms with Crippen molar-refractivity contribution in [2.75, 3.05) is 18.4 Å². The number of nitriles is 1. The number of anilines is 1. The molecule has 8 heteroatoms. The second-order valence-electron chi connectivity index (χ2n) is 5.97. The van der Waals surface area contributed by atoms with E-state index in [1.165, 1.54) is 4.90 Å². The summed E-state index contributed by atoms with van der Waals surface area (Å²) in [5.74, 6) is 1.21. The number of aromatic nitrogens is 2. The van der Waals surface area contributed by atoms with Gasteiger partial charge in [-0.3, -0.25) is 0 Å². The molecule has 1 aromatic rings. The zero-order valence-corrected chi connectivity index (χ0v) is 12.8. The summed E-state index contributed by atoms with van der Waals surface area (Å²) in [4.78, 5) is 12.5. The lowest BCUT2D eigenvalue weighted by Gasteiger charge is -2.18. The number of hydrogen-bond acceptors (Lipinski definition) is 5. The van der Waals surface area contributed by atoms with Crippen LogP contribution in [0, 0.1) is 30.1 Å². The van der Waals surface area contributed by atoms with Crippen molar-refractivity contribution in [3.05, 3.63) is 16.3 Å². The third-order valence-corrected chi connectivity index (χ3v) is 4.99. The Morgan fingerprint density at radius 1 is 1.41 bits per heavy atom. The van der Waals surface area contributed by atoms with Gasteiger partial charge in [-0.25, -0.2) is 4.79 Å².